The summed E-state index contributed by atoms with van der Waals surface area (Å²) in [5, 5.41) is 0. The number of hydrogen-bond donors (Lipinski definition) is 0. The predicted octanol–water partition coefficient (Wildman–Crippen LogP) is 4.03. The summed E-state index contributed by atoms with van der Waals surface area (Å²) >= 11 is 0. The van der Waals surface area contributed by atoms with E-state index in [1.807, 2.05) is 0 Å². The maximum Gasteiger partial charge on any atom is 0.213 e. The highest BCUT2D eigenvalue weighted by atomic mass is 79.9. The van der Waals surface area contributed by atoms with Gasteiger partial charge in [0, 0.05) is 28.8 Å². The lowest BCUT2D eigenvalue weighted by molar-refractivity contribution is -0.666. The molecule has 0 fully saturated rings. The Morgan fingerprint density at radius 2 is 0.781 bits per heavy atom. The van der Waals surface area contributed by atoms with Crippen LogP contribution >= 0.6 is 0 Å². The highest BCUT2D eigenvalue weighted by Gasteiger charge is 2.22. The van der Waals surface area contributed by atoms with E-state index in [0.29, 0.717) is 0 Å². The lowest BCUT2D eigenvalue weighted by Gasteiger charge is -2.13. The van der Waals surface area contributed by atoms with Crippen LogP contribution in [0.3, 0.4) is 0 Å². The van der Waals surface area contributed by atoms with Crippen molar-refractivity contribution < 1.29 is 21.5 Å². The molecule has 2 heteroatoms. The fourth-order valence-corrected chi connectivity index (χ4v) is 4.05. The van der Waals surface area contributed by atoms with Gasteiger partial charge in [-0.05, 0) is 35.4 Å². The Bertz CT molecular complexity index is 1210. The minimum atomic E-state index is 0. The van der Waals surface area contributed by atoms with E-state index >= 15 is 0 Å². The van der Waals surface area contributed by atoms with Gasteiger partial charge in [-0.3, -0.25) is 0 Å². The molecule has 0 N–H and O–H groups in total. The summed E-state index contributed by atoms with van der Waals surface area (Å²) in [5.41, 5.74) is 8.59. The average Bonchev–Trinajstić information content (AvgIpc) is 2.86. The van der Waals surface area contributed by atoms with Crippen molar-refractivity contribution in [2.24, 2.45) is 0 Å². The van der Waals surface area contributed by atoms with Crippen molar-refractivity contribution in [3.05, 3.63) is 139 Å². The van der Waals surface area contributed by atoms with E-state index in [4.69, 9.17) is 0 Å². The van der Waals surface area contributed by atoms with Gasteiger partial charge >= 0.3 is 0 Å². The standard InChI is InChI=1S/C30H24N.BrH/c1-5-13-24(14-6-1)23-31-29(26-17-9-3-10-18-26)21-28(25-15-7-2-8-16-25)22-30(31)27-19-11-4-12-20-27;/h1-22H,23H2;1H/q+1;/p-1. The fourth-order valence-electron chi connectivity index (χ4n) is 4.05. The first-order chi connectivity index (χ1) is 15.4. The predicted molar refractivity (Wildman–Crippen MR) is 128 cm³/mol. The minimum absolute atomic E-state index is 0. The number of aromatic nitrogens is 1. The molecule has 0 amide bonds. The first-order valence-corrected chi connectivity index (χ1v) is 10.7. The first kappa shape index (κ1) is 21.7. The molecule has 0 spiro atoms. The Morgan fingerprint density at radius 3 is 1.22 bits per heavy atom. The van der Waals surface area contributed by atoms with Crippen LogP contribution in [-0.2, 0) is 6.54 Å². The SMILES string of the molecule is [Br-].c1ccc(C[n+]2c(-c3ccccc3)cc(-c3ccccc3)cc2-c2ccccc2)cc1. The number of hydrogen-bond acceptors (Lipinski definition) is 0. The molecule has 0 aliphatic carbocycles. The van der Waals surface area contributed by atoms with E-state index < -0.39 is 0 Å². The molecule has 0 unspecified atom stereocenters. The third-order valence-electron chi connectivity index (χ3n) is 5.60. The van der Waals surface area contributed by atoms with Gasteiger partial charge < -0.3 is 17.0 Å². The monoisotopic (exact) mass is 477 g/mol. The smallest absolute Gasteiger partial charge is 0.213 e. The van der Waals surface area contributed by atoms with Crippen LogP contribution in [0.2, 0.25) is 0 Å². The van der Waals surface area contributed by atoms with Crippen molar-refractivity contribution in [1.82, 2.24) is 0 Å². The average molecular weight is 478 g/mol. The molecule has 1 aromatic heterocycles. The Labute approximate surface area is 200 Å². The lowest BCUT2D eigenvalue weighted by Crippen LogP contribution is -3.00. The highest BCUT2D eigenvalue weighted by Crippen LogP contribution is 2.29. The van der Waals surface area contributed by atoms with Gasteiger partial charge in [0.1, 0.15) is 0 Å². The molecule has 1 nitrogen and oxygen atoms in total. The number of benzene rings is 4. The maximum absolute atomic E-state index is 2.44. The Balaban J connectivity index is 0.00000245. The van der Waals surface area contributed by atoms with Crippen molar-refractivity contribution in [1.29, 1.82) is 0 Å². The zero-order valence-corrected chi connectivity index (χ0v) is 19.3. The Morgan fingerprint density at radius 1 is 0.406 bits per heavy atom. The molecule has 4 aromatic carbocycles. The molecule has 5 aromatic rings. The minimum Gasteiger partial charge on any atom is -1.00 e. The zero-order chi connectivity index (χ0) is 20.9. The molecule has 5 rings (SSSR count). The molecule has 156 valence electrons. The molecule has 0 aliphatic rings. The first-order valence-electron chi connectivity index (χ1n) is 10.7. The summed E-state index contributed by atoms with van der Waals surface area (Å²) in [6.07, 6.45) is 0. The summed E-state index contributed by atoms with van der Waals surface area (Å²) in [6.45, 7) is 0.810. The van der Waals surface area contributed by atoms with Crippen LogP contribution < -0.4 is 21.5 Å². The largest absolute Gasteiger partial charge is 1.00 e. The van der Waals surface area contributed by atoms with Crippen LogP contribution in [0.15, 0.2) is 133 Å². The molecule has 0 bridgehead atoms. The fraction of sp³-hybridized carbons (Fsp3) is 0.0333. The van der Waals surface area contributed by atoms with Crippen molar-refractivity contribution in [3.63, 3.8) is 0 Å². The molecule has 0 aliphatic heterocycles. The van der Waals surface area contributed by atoms with Gasteiger partial charge in [0.2, 0.25) is 11.4 Å². The second kappa shape index (κ2) is 10.2. The van der Waals surface area contributed by atoms with Gasteiger partial charge in [-0.1, -0.05) is 97.1 Å². The second-order valence-corrected chi connectivity index (χ2v) is 7.68. The van der Waals surface area contributed by atoms with Crippen molar-refractivity contribution in [2.45, 2.75) is 6.54 Å². The van der Waals surface area contributed by atoms with Crippen LogP contribution in [0, 0.1) is 0 Å². The molecule has 0 radical (unpaired) electrons. The number of rotatable bonds is 5. The summed E-state index contributed by atoms with van der Waals surface area (Å²) in [5.74, 6) is 0. The summed E-state index contributed by atoms with van der Waals surface area (Å²) in [4.78, 5) is 0. The maximum atomic E-state index is 2.44. The Kier molecular flexibility index (Phi) is 6.94. The number of nitrogens with zero attached hydrogens (tertiary/aromatic N) is 1. The lowest BCUT2D eigenvalue weighted by atomic mass is 9.98. The van der Waals surface area contributed by atoms with Crippen LogP contribution in [0.4, 0.5) is 0 Å². The molecular formula is C30H24BrN. The van der Waals surface area contributed by atoms with E-state index in [2.05, 4.69) is 138 Å². The van der Waals surface area contributed by atoms with Crippen LogP contribution in [0.5, 0.6) is 0 Å². The molecule has 1 heterocycles. The topological polar surface area (TPSA) is 3.88 Å². The van der Waals surface area contributed by atoms with Gasteiger partial charge in [0.05, 0.1) is 0 Å². The van der Waals surface area contributed by atoms with Gasteiger partial charge in [-0.2, -0.15) is 4.57 Å². The van der Waals surface area contributed by atoms with Crippen molar-refractivity contribution in [2.75, 3.05) is 0 Å². The second-order valence-electron chi connectivity index (χ2n) is 7.68. The highest BCUT2D eigenvalue weighted by molar-refractivity contribution is 5.73. The van der Waals surface area contributed by atoms with Crippen LogP contribution in [0.1, 0.15) is 5.56 Å². The van der Waals surface area contributed by atoms with Gasteiger partial charge in [0.15, 0.2) is 6.54 Å². The molecule has 0 saturated carbocycles. The van der Waals surface area contributed by atoms with E-state index in [9.17, 15) is 0 Å². The third kappa shape index (κ3) is 4.71. The molecule has 0 saturated heterocycles. The number of pyridine rings is 1. The van der Waals surface area contributed by atoms with Crippen molar-refractivity contribution in [3.8, 4) is 33.6 Å². The van der Waals surface area contributed by atoms with E-state index in [1.165, 1.54) is 39.2 Å². The third-order valence-corrected chi connectivity index (χ3v) is 5.60. The summed E-state index contributed by atoms with van der Waals surface area (Å²) in [6, 6.07) is 47.3. The van der Waals surface area contributed by atoms with E-state index in [0.717, 1.165) is 6.54 Å². The van der Waals surface area contributed by atoms with E-state index in [-0.39, 0.29) is 17.0 Å². The zero-order valence-electron chi connectivity index (χ0n) is 17.7. The number of halogens is 1. The normalized spacial score (nSPS) is 10.4. The van der Waals surface area contributed by atoms with Gasteiger partial charge in [-0.15, -0.1) is 0 Å². The summed E-state index contributed by atoms with van der Waals surface area (Å²) < 4.78 is 2.44. The van der Waals surface area contributed by atoms with Crippen molar-refractivity contribution >= 4 is 0 Å². The van der Waals surface area contributed by atoms with E-state index in [1.54, 1.807) is 0 Å². The van der Waals surface area contributed by atoms with Crippen LogP contribution in [-0.4, -0.2) is 0 Å². The summed E-state index contributed by atoms with van der Waals surface area (Å²) in [7, 11) is 0. The van der Waals surface area contributed by atoms with Gasteiger partial charge in [0.25, 0.3) is 0 Å². The molecule has 32 heavy (non-hydrogen) atoms. The van der Waals surface area contributed by atoms with Gasteiger partial charge in [-0.25, -0.2) is 0 Å². The van der Waals surface area contributed by atoms with Crippen LogP contribution in [0.25, 0.3) is 33.6 Å². The Hall–Kier alpha value is -3.49. The molecule has 0 atom stereocenters. The molecular weight excluding hydrogens is 454 g/mol. The quantitative estimate of drug-likeness (QED) is 0.336.